The van der Waals surface area contributed by atoms with Crippen LogP contribution in [-0.2, 0) is 10.5 Å². The molecule has 3 heterocycles. The highest BCUT2D eigenvalue weighted by atomic mass is 35.5. The number of halogens is 1. The van der Waals surface area contributed by atoms with Gasteiger partial charge in [-0.05, 0) is 53.6 Å². The zero-order valence-electron chi connectivity index (χ0n) is 23.3. The van der Waals surface area contributed by atoms with Crippen LogP contribution in [0.1, 0.15) is 27.7 Å². The van der Waals surface area contributed by atoms with Gasteiger partial charge in [0.1, 0.15) is 17.1 Å². The molecule has 0 saturated carbocycles. The van der Waals surface area contributed by atoms with Crippen LogP contribution in [0.25, 0.3) is 11.0 Å². The summed E-state index contributed by atoms with van der Waals surface area (Å²) in [6, 6.07) is 31.6. The van der Waals surface area contributed by atoms with Gasteiger partial charge in [-0.15, -0.1) is 10.2 Å². The largest absolute Gasteiger partial charge is 0.503 e. The van der Waals surface area contributed by atoms with Crippen LogP contribution in [0, 0.1) is 0 Å². The van der Waals surface area contributed by atoms with Crippen molar-refractivity contribution in [2.75, 3.05) is 4.90 Å². The molecule has 1 N–H and O–H groups in total. The number of aromatic nitrogens is 2. The number of thioether (sulfide) groups is 1. The number of benzene rings is 4. The van der Waals surface area contributed by atoms with Crippen molar-refractivity contribution >= 4 is 62.5 Å². The van der Waals surface area contributed by atoms with Gasteiger partial charge in [0.2, 0.25) is 10.9 Å². The zero-order chi connectivity index (χ0) is 30.9. The molecule has 2 aromatic heterocycles. The Labute approximate surface area is 270 Å². The number of hydrogen-bond acceptors (Lipinski definition) is 9. The van der Waals surface area contributed by atoms with E-state index in [2.05, 4.69) is 10.2 Å². The van der Waals surface area contributed by atoms with E-state index >= 15 is 0 Å². The van der Waals surface area contributed by atoms with E-state index in [1.165, 1.54) is 28.0 Å². The fraction of sp³-hybridized carbons (Fsp3) is 0.0588. The fourth-order valence-corrected chi connectivity index (χ4v) is 7.22. The van der Waals surface area contributed by atoms with Gasteiger partial charge in [0, 0.05) is 16.2 Å². The summed E-state index contributed by atoms with van der Waals surface area (Å²) < 4.78 is 12.5. The maximum absolute atomic E-state index is 14.0. The first kappa shape index (κ1) is 28.8. The first-order valence-electron chi connectivity index (χ1n) is 13.8. The van der Waals surface area contributed by atoms with E-state index in [9.17, 15) is 14.7 Å². The van der Waals surface area contributed by atoms with Crippen molar-refractivity contribution in [2.24, 2.45) is 0 Å². The van der Waals surface area contributed by atoms with Crippen LogP contribution in [0.3, 0.4) is 0 Å². The average Bonchev–Trinajstić information content (AvgIpc) is 3.77. The quantitative estimate of drug-likeness (QED) is 0.0939. The number of anilines is 1. The lowest BCUT2D eigenvalue weighted by molar-refractivity contribution is -0.117. The monoisotopic (exact) mass is 651 g/mol. The Hall–Kier alpha value is -4.90. The van der Waals surface area contributed by atoms with Crippen molar-refractivity contribution in [3.63, 3.8) is 0 Å². The molecule has 7 rings (SSSR count). The summed E-state index contributed by atoms with van der Waals surface area (Å²) in [5, 5.41) is 21.4. The van der Waals surface area contributed by atoms with Crippen LogP contribution in [0.2, 0.25) is 5.02 Å². The minimum absolute atomic E-state index is 0.00217. The average molecular weight is 652 g/mol. The van der Waals surface area contributed by atoms with Crippen LogP contribution in [0.4, 0.5) is 5.13 Å². The molecule has 0 bridgehead atoms. The molecule has 11 heteroatoms. The number of fused-ring (bicyclic) bond motifs is 1. The maximum Gasteiger partial charge on any atom is 0.296 e. The van der Waals surface area contributed by atoms with Gasteiger partial charge in [-0.1, -0.05) is 101 Å². The molecule has 0 fully saturated rings. The van der Waals surface area contributed by atoms with Crippen LogP contribution in [0.5, 0.6) is 11.5 Å². The molecular weight excluding hydrogens is 630 g/mol. The molecule has 1 atom stereocenters. The number of hydrogen-bond donors (Lipinski definition) is 1. The molecule has 1 amide bonds. The van der Waals surface area contributed by atoms with Crippen LogP contribution < -0.4 is 9.64 Å². The van der Waals surface area contributed by atoms with E-state index in [1.54, 1.807) is 42.5 Å². The van der Waals surface area contributed by atoms with Crippen molar-refractivity contribution < 1.29 is 23.8 Å². The number of rotatable bonds is 9. The third-order valence-electron chi connectivity index (χ3n) is 7.17. The summed E-state index contributed by atoms with van der Waals surface area (Å²) in [5.41, 5.74) is 1.85. The SMILES string of the molecule is O=C(C1=C(O)C(=O)N(c2nnc(SCc3ccccc3Cl)s2)C1c1cccc(Oc2ccccc2)c1)c1cc2ccccc2o1. The number of amides is 1. The van der Waals surface area contributed by atoms with E-state index in [1.807, 2.05) is 66.7 Å². The van der Waals surface area contributed by atoms with Gasteiger partial charge in [0.05, 0.1) is 11.6 Å². The zero-order valence-corrected chi connectivity index (χ0v) is 25.7. The van der Waals surface area contributed by atoms with Crippen LogP contribution in [0.15, 0.2) is 129 Å². The molecular formula is C34H22ClN3O5S2. The molecule has 4 aromatic carbocycles. The molecule has 1 aliphatic rings. The number of aliphatic hydroxyl groups excluding tert-OH is 1. The summed E-state index contributed by atoms with van der Waals surface area (Å²) in [7, 11) is 0. The highest BCUT2D eigenvalue weighted by Gasteiger charge is 2.47. The van der Waals surface area contributed by atoms with Gasteiger partial charge in [0.15, 0.2) is 15.9 Å². The number of carbonyl (C=O) groups excluding carboxylic acids is 2. The second-order valence-electron chi connectivity index (χ2n) is 10.0. The first-order valence-corrected chi connectivity index (χ1v) is 16.0. The Kier molecular flexibility index (Phi) is 7.85. The summed E-state index contributed by atoms with van der Waals surface area (Å²) in [5.74, 6) is -0.410. The third kappa shape index (κ3) is 5.71. The fourth-order valence-electron chi connectivity index (χ4n) is 5.06. The van der Waals surface area contributed by atoms with Crippen molar-refractivity contribution in [2.45, 2.75) is 16.1 Å². The number of nitrogens with zero attached hydrogens (tertiary/aromatic N) is 3. The molecule has 8 nitrogen and oxygen atoms in total. The Morgan fingerprint density at radius 2 is 1.69 bits per heavy atom. The summed E-state index contributed by atoms with van der Waals surface area (Å²) in [6.45, 7) is 0. The van der Waals surface area contributed by atoms with Gasteiger partial charge in [-0.2, -0.15) is 0 Å². The van der Waals surface area contributed by atoms with Crippen LogP contribution >= 0.6 is 34.7 Å². The van der Waals surface area contributed by atoms with Crippen LogP contribution in [-0.4, -0.2) is 27.0 Å². The molecule has 6 aromatic rings. The smallest absolute Gasteiger partial charge is 0.296 e. The molecule has 0 aliphatic carbocycles. The van der Waals surface area contributed by atoms with E-state index < -0.39 is 23.5 Å². The summed E-state index contributed by atoms with van der Waals surface area (Å²) in [4.78, 5) is 29.1. The van der Waals surface area contributed by atoms with Crippen molar-refractivity contribution in [1.82, 2.24) is 10.2 Å². The van der Waals surface area contributed by atoms with Crippen molar-refractivity contribution in [1.29, 1.82) is 0 Å². The number of ether oxygens (including phenoxy) is 1. The lowest BCUT2D eigenvalue weighted by atomic mass is 9.95. The predicted octanol–water partition coefficient (Wildman–Crippen LogP) is 8.81. The Bertz CT molecular complexity index is 2060. The summed E-state index contributed by atoms with van der Waals surface area (Å²) >= 11 is 8.92. The number of para-hydroxylation sites is 2. The molecule has 0 radical (unpaired) electrons. The lowest BCUT2D eigenvalue weighted by Gasteiger charge is -2.24. The first-order chi connectivity index (χ1) is 22.0. The normalized spacial score (nSPS) is 14.8. The van der Waals surface area contributed by atoms with Gasteiger partial charge in [0.25, 0.3) is 5.91 Å². The molecule has 0 saturated heterocycles. The lowest BCUT2D eigenvalue weighted by Crippen LogP contribution is -2.31. The molecule has 1 aliphatic heterocycles. The second-order valence-corrected chi connectivity index (χ2v) is 12.6. The predicted molar refractivity (Wildman–Crippen MR) is 174 cm³/mol. The standard InChI is InChI=1S/C34H22ClN3O5S2/c35-25-15-6-4-10-22(25)19-44-34-37-36-33(45-34)38-29(21-11-8-14-24(17-21)42-23-12-2-1-3-13-23)28(31(40)32(38)41)30(39)27-18-20-9-5-7-16-26(20)43-27/h1-18,29,40H,19H2. The number of furan rings is 1. The molecule has 0 spiro atoms. The molecule has 222 valence electrons. The Morgan fingerprint density at radius 1 is 0.933 bits per heavy atom. The second kappa shape index (κ2) is 12.2. The minimum Gasteiger partial charge on any atom is -0.503 e. The van der Waals surface area contributed by atoms with Gasteiger partial charge in [-0.25, -0.2) is 0 Å². The Balaban J connectivity index is 1.27. The minimum atomic E-state index is -1.04. The van der Waals surface area contributed by atoms with Gasteiger partial charge >= 0.3 is 0 Å². The van der Waals surface area contributed by atoms with E-state index in [0.717, 1.165) is 10.9 Å². The maximum atomic E-state index is 14.0. The highest BCUT2D eigenvalue weighted by Crippen LogP contribution is 2.45. The topological polar surface area (TPSA) is 106 Å². The number of aliphatic hydroxyl groups is 1. The molecule has 45 heavy (non-hydrogen) atoms. The Morgan fingerprint density at radius 3 is 2.51 bits per heavy atom. The number of carbonyl (C=O) groups is 2. The van der Waals surface area contributed by atoms with Gasteiger partial charge in [-0.3, -0.25) is 14.5 Å². The van der Waals surface area contributed by atoms with Crippen molar-refractivity contribution in [3.8, 4) is 11.5 Å². The third-order valence-corrected chi connectivity index (χ3v) is 9.64. The number of ketones is 1. The van der Waals surface area contributed by atoms with E-state index in [4.69, 9.17) is 20.8 Å². The summed E-state index contributed by atoms with van der Waals surface area (Å²) in [6.07, 6.45) is 0. The van der Waals surface area contributed by atoms with Crippen molar-refractivity contribution in [3.05, 3.63) is 142 Å². The highest BCUT2D eigenvalue weighted by molar-refractivity contribution is 8.00. The number of Topliss-reactive ketones (excluding diaryl/α,β-unsaturated/α-hetero) is 1. The van der Waals surface area contributed by atoms with E-state index in [0.29, 0.717) is 37.8 Å². The van der Waals surface area contributed by atoms with E-state index in [-0.39, 0.29) is 16.5 Å². The molecule has 1 unspecified atom stereocenters. The van der Waals surface area contributed by atoms with Gasteiger partial charge < -0.3 is 14.3 Å².